The summed E-state index contributed by atoms with van der Waals surface area (Å²) in [6.45, 7) is 3.45. The number of ether oxygens (including phenoxy) is 1. The number of rotatable bonds is 4. The molecule has 0 radical (unpaired) electrons. The Bertz CT molecular complexity index is 959. The number of aromatic nitrogens is 2. The van der Waals surface area contributed by atoms with Crippen LogP contribution >= 0.6 is 0 Å². The molecule has 3 heterocycles. The first-order valence-electron chi connectivity index (χ1n) is 11.3. The molecule has 1 N–H and O–H groups in total. The Kier molecular flexibility index (Phi) is 5.01. The number of hydrogen-bond acceptors (Lipinski definition) is 4. The summed E-state index contributed by atoms with van der Waals surface area (Å²) < 4.78 is 7.74. The molecule has 2 aliphatic heterocycles. The van der Waals surface area contributed by atoms with Crippen molar-refractivity contribution in [2.75, 3.05) is 13.2 Å². The van der Waals surface area contributed by atoms with E-state index in [-0.39, 0.29) is 24.0 Å². The number of benzene rings is 1. The minimum atomic E-state index is -0.975. The third-order valence-corrected chi connectivity index (χ3v) is 6.99. The topological polar surface area (TPSA) is 76.5 Å². The van der Waals surface area contributed by atoms with Crippen LogP contribution in [-0.2, 0) is 16.1 Å². The molecule has 1 aromatic carbocycles. The van der Waals surface area contributed by atoms with E-state index in [9.17, 15) is 9.59 Å². The zero-order chi connectivity index (χ0) is 20.7. The first-order chi connectivity index (χ1) is 14.6. The van der Waals surface area contributed by atoms with Crippen LogP contribution < -0.4 is 5.32 Å². The van der Waals surface area contributed by atoms with E-state index >= 15 is 0 Å². The molecule has 5 rings (SSSR count). The molecule has 2 fully saturated rings. The minimum absolute atomic E-state index is 0.0216. The van der Waals surface area contributed by atoms with Crippen molar-refractivity contribution >= 4 is 22.8 Å². The molecule has 1 saturated heterocycles. The van der Waals surface area contributed by atoms with Gasteiger partial charge in [-0.05, 0) is 44.7 Å². The van der Waals surface area contributed by atoms with Gasteiger partial charge in [-0.25, -0.2) is 4.98 Å². The molecule has 1 aliphatic carbocycles. The van der Waals surface area contributed by atoms with Crippen LogP contribution in [0.25, 0.3) is 11.0 Å². The smallest absolute Gasteiger partial charge is 0.290 e. The van der Waals surface area contributed by atoms with Crippen LogP contribution in [-0.4, -0.2) is 57.1 Å². The monoisotopic (exact) mass is 410 g/mol. The molecule has 7 nitrogen and oxygen atoms in total. The summed E-state index contributed by atoms with van der Waals surface area (Å²) in [7, 11) is 0. The average molecular weight is 411 g/mol. The molecular formula is C23H30N4O3. The first kappa shape index (κ1) is 19.5. The van der Waals surface area contributed by atoms with Gasteiger partial charge in [0, 0.05) is 19.2 Å². The van der Waals surface area contributed by atoms with E-state index in [1.807, 2.05) is 35.8 Å². The van der Waals surface area contributed by atoms with E-state index in [0.717, 1.165) is 56.2 Å². The fraction of sp³-hybridized carbons (Fsp3) is 0.609. The Morgan fingerprint density at radius 2 is 2.00 bits per heavy atom. The van der Waals surface area contributed by atoms with Crippen LogP contribution in [0, 0.1) is 0 Å². The number of amides is 2. The third kappa shape index (κ3) is 3.29. The fourth-order valence-electron chi connectivity index (χ4n) is 5.20. The maximum atomic E-state index is 13.6. The zero-order valence-corrected chi connectivity index (χ0v) is 17.6. The molecule has 3 aliphatic rings. The molecule has 2 atom stereocenters. The number of carbonyl (C=O) groups is 2. The summed E-state index contributed by atoms with van der Waals surface area (Å²) in [4.78, 5) is 33.5. The van der Waals surface area contributed by atoms with E-state index in [1.54, 1.807) is 4.90 Å². The second kappa shape index (κ2) is 7.69. The van der Waals surface area contributed by atoms with Gasteiger partial charge in [-0.15, -0.1) is 0 Å². The van der Waals surface area contributed by atoms with Crippen LogP contribution in [0.5, 0.6) is 0 Å². The van der Waals surface area contributed by atoms with Crippen molar-refractivity contribution in [2.24, 2.45) is 0 Å². The fourth-order valence-corrected chi connectivity index (χ4v) is 5.20. The van der Waals surface area contributed by atoms with Crippen LogP contribution in [0.3, 0.4) is 0 Å². The van der Waals surface area contributed by atoms with Crippen molar-refractivity contribution in [3.63, 3.8) is 0 Å². The molecular weight excluding hydrogens is 380 g/mol. The Morgan fingerprint density at radius 3 is 2.77 bits per heavy atom. The lowest BCUT2D eigenvalue weighted by atomic mass is 9.91. The number of imidazole rings is 1. The standard InChI is InChI=1S/C23H30N4O3/c1-23(22(29)24-16-8-3-2-4-9-16)15-26-19-12-6-5-11-18(19)25-20(26)21(28)27(23)14-17-10-7-13-30-17/h5-6,11-12,16-17H,2-4,7-10,13-15H2,1H3,(H,24,29). The van der Waals surface area contributed by atoms with Gasteiger partial charge < -0.3 is 19.5 Å². The summed E-state index contributed by atoms with van der Waals surface area (Å²) in [6.07, 6.45) is 7.45. The Hall–Kier alpha value is -2.41. The second-order valence-electron chi connectivity index (χ2n) is 9.14. The lowest BCUT2D eigenvalue weighted by molar-refractivity contribution is -0.134. The molecule has 0 bridgehead atoms. The van der Waals surface area contributed by atoms with E-state index < -0.39 is 5.54 Å². The minimum Gasteiger partial charge on any atom is -0.376 e. The molecule has 160 valence electrons. The van der Waals surface area contributed by atoms with E-state index in [2.05, 4.69) is 10.3 Å². The van der Waals surface area contributed by atoms with Crippen molar-refractivity contribution in [1.82, 2.24) is 19.8 Å². The van der Waals surface area contributed by atoms with Gasteiger partial charge >= 0.3 is 0 Å². The number of hydrogen-bond donors (Lipinski definition) is 1. The van der Waals surface area contributed by atoms with Gasteiger partial charge in [-0.1, -0.05) is 31.4 Å². The molecule has 2 unspecified atom stereocenters. The average Bonchev–Trinajstić information content (AvgIpc) is 3.40. The first-order valence-corrected chi connectivity index (χ1v) is 11.3. The number of para-hydroxylation sites is 2. The van der Waals surface area contributed by atoms with Gasteiger partial charge in [-0.2, -0.15) is 0 Å². The Labute approximate surface area is 176 Å². The van der Waals surface area contributed by atoms with Gasteiger partial charge in [0.05, 0.1) is 23.7 Å². The second-order valence-corrected chi connectivity index (χ2v) is 9.14. The number of nitrogens with one attached hydrogen (secondary N) is 1. The van der Waals surface area contributed by atoms with Crippen molar-refractivity contribution in [3.05, 3.63) is 30.1 Å². The molecule has 1 aromatic heterocycles. The van der Waals surface area contributed by atoms with Gasteiger partial charge in [-0.3, -0.25) is 9.59 Å². The summed E-state index contributed by atoms with van der Waals surface area (Å²) >= 11 is 0. The quantitative estimate of drug-likeness (QED) is 0.841. The van der Waals surface area contributed by atoms with Gasteiger partial charge in [0.2, 0.25) is 5.91 Å². The highest BCUT2D eigenvalue weighted by Crippen LogP contribution is 2.32. The summed E-state index contributed by atoms with van der Waals surface area (Å²) in [5.41, 5.74) is 0.709. The number of nitrogens with zero attached hydrogens (tertiary/aromatic N) is 3. The highest BCUT2D eigenvalue weighted by Gasteiger charge is 2.49. The number of carbonyl (C=O) groups excluding carboxylic acids is 2. The predicted octanol–water partition coefficient (Wildman–Crippen LogP) is 2.88. The highest BCUT2D eigenvalue weighted by molar-refractivity contribution is 6.01. The van der Waals surface area contributed by atoms with Crippen LogP contribution in [0.4, 0.5) is 0 Å². The zero-order valence-electron chi connectivity index (χ0n) is 17.6. The molecule has 7 heteroatoms. The van der Waals surface area contributed by atoms with Crippen LogP contribution in [0.15, 0.2) is 24.3 Å². The van der Waals surface area contributed by atoms with E-state index in [4.69, 9.17) is 4.74 Å². The lowest BCUT2D eigenvalue weighted by Crippen LogP contribution is -2.66. The Balaban J connectivity index is 1.51. The molecule has 1 saturated carbocycles. The SMILES string of the molecule is CC1(C(=O)NC2CCCCC2)Cn2c(nc3ccccc32)C(=O)N1CC1CCCO1. The third-order valence-electron chi connectivity index (χ3n) is 6.99. The normalized spacial score (nSPS) is 27.4. The molecule has 0 spiro atoms. The van der Waals surface area contributed by atoms with Crippen LogP contribution in [0.2, 0.25) is 0 Å². The molecule has 2 aromatic rings. The maximum Gasteiger partial charge on any atom is 0.290 e. The Morgan fingerprint density at radius 1 is 1.20 bits per heavy atom. The highest BCUT2D eigenvalue weighted by atomic mass is 16.5. The van der Waals surface area contributed by atoms with Crippen molar-refractivity contribution in [3.8, 4) is 0 Å². The molecule has 2 amide bonds. The van der Waals surface area contributed by atoms with Crippen molar-refractivity contribution in [1.29, 1.82) is 0 Å². The van der Waals surface area contributed by atoms with E-state index in [0.29, 0.717) is 18.9 Å². The number of fused-ring (bicyclic) bond motifs is 3. The van der Waals surface area contributed by atoms with Crippen molar-refractivity contribution in [2.45, 2.75) is 76.1 Å². The largest absolute Gasteiger partial charge is 0.376 e. The summed E-state index contributed by atoms with van der Waals surface area (Å²) in [5, 5.41) is 3.27. The molecule has 30 heavy (non-hydrogen) atoms. The van der Waals surface area contributed by atoms with Gasteiger partial charge in [0.25, 0.3) is 5.91 Å². The van der Waals surface area contributed by atoms with Gasteiger partial charge in [0.1, 0.15) is 5.54 Å². The van der Waals surface area contributed by atoms with E-state index in [1.165, 1.54) is 6.42 Å². The summed E-state index contributed by atoms with van der Waals surface area (Å²) in [5.74, 6) is 0.163. The lowest BCUT2D eigenvalue weighted by Gasteiger charge is -2.45. The maximum absolute atomic E-state index is 13.6. The summed E-state index contributed by atoms with van der Waals surface area (Å²) in [6, 6.07) is 7.94. The van der Waals surface area contributed by atoms with Crippen LogP contribution in [0.1, 0.15) is 62.5 Å². The predicted molar refractivity (Wildman–Crippen MR) is 113 cm³/mol. The van der Waals surface area contributed by atoms with Crippen molar-refractivity contribution < 1.29 is 14.3 Å². The van der Waals surface area contributed by atoms with Gasteiger partial charge in [0.15, 0.2) is 5.82 Å².